The van der Waals surface area contributed by atoms with Crippen LogP contribution >= 0.6 is 23.4 Å². The summed E-state index contributed by atoms with van der Waals surface area (Å²) in [6.45, 7) is 0. The first-order valence-electron chi connectivity index (χ1n) is 7.42. The number of halogens is 1. The molecular formula is C17H14ClN5S. The quantitative estimate of drug-likeness (QED) is 0.518. The second kappa shape index (κ2) is 6.30. The summed E-state index contributed by atoms with van der Waals surface area (Å²) >= 11 is 7.86. The van der Waals surface area contributed by atoms with Crippen molar-refractivity contribution in [3.8, 4) is 11.4 Å². The minimum atomic E-state index is 0.671. The highest BCUT2D eigenvalue weighted by Crippen LogP contribution is 2.29. The number of hydrogen-bond acceptors (Lipinski definition) is 4. The Hall–Kier alpha value is -2.31. The van der Waals surface area contributed by atoms with E-state index in [1.54, 1.807) is 11.8 Å². The number of thioether (sulfide) groups is 1. The number of rotatable bonds is 4. The zero-order valence-electron chi connectivity index (χ0n) is 12.9. The average molecular weight is 356 g/mol. The molecule has 5 nitrogen and oxygen atoms in total. The summed E-state index contributed by atoms with van der Waals surface area (Å²) in [7, 11) is 1.95. The average Bonchev–Trinajstić information content (AvgIpc) is 3.17. The zero-order valence-corrected chi connectivity index (χ0v) is 14.5. The van der Waals surface area contributed by atoms with E-state index in [1.807, 2.05) is 70.9 Å². The van der Waals surface area contributed by atoms with Gasteiger partial charge in [-0.1, -0.05) is 41.6 Å². The molecule has 0 saturated heterocycles. The molecule has 24 heavy (non-hydrogen) atoms. The van der Waals surface area contributed by atoms with Crippen LogP contribution in [-0.2, 0) is 12.8 Å². The molecule has 4 rings (SSSR count). The number of aromatic nitrogens is 5. The highest BCUT2D eigenvalue weighted by molar-refractivity contribution is 7.98. The number of benzene rings is 1. The fourth-order valence-corrected chi connectivity index (χ4v) is 3.53. The lowest BCUT2D eigenvalue weighted by Gasteiger charge is -2.04. The van der Waals surface area contributed by atoms with E-state index in [-0.39, 0.29) is 0 Å². The van der Waals surface area contributed by atoms with E-state index in [0.29, 0.717) is 5.02 Å². The van der Waals surface area contributed by atoms with Gasteiger partial charge in [-0.2, -0.15) is 0 Å². The predicted molar refractivity (Wildman–Crippen MR) is 96.2 cm³/mol. The summed E-state index contributed by atoms with van der Waals surface area (Å²) in [4.78, 5) is 4.60. The third-order valence-corrected chi connectivity index (χ3v) is 5.10. The van der Waals surface area contributed by atoms with Gasteiger partial charge in [0, 0.05) is 30.8 Å². The van der Waals surface area contributed by atoms with E-state index in [0.717, 1.165) is 33.6 Å². The van der Waals surface area contributed by atoms with Gasteiger partial charge in [0.15, 0.2) is 11.0 Å². The molecule has 0 atom stereocenters. The van der Waals surface area contributed by atoms with E-state index in [9.17, 15) is 0 Å². The van der Waals surface area contributed by atoms with E-state index in [2.05, 4.69) is 15.2 Å². The van der Waals surface area contributed by atoms with Crippen LogP contribution in [0.25, 0.3) is 17.0 Å². The van der Waals surface area contributed by atoms with Gasteiger partial charge in [-0.15, -0.1) is 10.2 Å². The van der Waals surface area contributed by atoms with E-state index in [4.69, 9.17) is 11.6 Å². The summed E-state index contributed by atoms with van der Waals surface area (Å²) < 4.78 is 3.98. The van der Waals surface area contributed by atoms with Crippen molar-refractivity contribution in [2.45, 2.75) is 10.9 Å². The summed E-state index contributed by atoms with van der Waals surface area (Å²) in [5.74, 6) is 1.49. The molecule has 7 heteroatoms. The fraction of sp³-hybridized carbons (Fsp3) is 0.118. The Balaban J connectivity index is 1.56. The van der Waals surface area contributed by atoms with Crippen molar-refractivity contribution < 1.29 is 0 Å². The van der Waals surface area contributed by atoms with Crippen LogP contribution in [-0.4, -0.2) is 24.1 Å². The molecule has 0 bridgehead atoms. The van der Waals surface area contributed by atoms with Crippen LogP contribution < -0.4 is 0 Å². The van der Waals surface area contributed by atoms with Crippen LogP contribution in [0.4, 0.5) is 0 Å². The molecule has 0 aliphatic heterocycles. The van der Waals surface area contributed by atoms with Crippen LogP contribution in [0.5, 0.6) is 0 Å². The van der Waals surface area contributed by atoms with E-state index < -0.39 is 0 Å². The predicted octanol–water partition coefficient (Wildman–Crippen LogP) is 4.08. The van der Waals surface area contributed by atoms with Gasteiger partial charge in [0.05, 0.1) is 10.7 Å². The molecule has 4 aromatic rings. The van der Waals surface area contributed by atoms with Crippen LogP contribution in [0.15, 0.2) is 60.0 Å². The zero-order chi connectivity index (χ0) is 16.5. The first kappa shape index (κ1) is 15.2. The lowest BCUT2D eigenvalue weighted by atomic mass is 10.2. The van der Waals surface area contributed by atoms with Crippen LogP contribution in [0.3, 0.4) is 0 Å². The molecule has 1 aromatic carbocycles. The Labute approximate surface area is 148 Å². The van der Waals surface area contributed by atoms with Crippen molar-refractivity contribution in [2.24, 2.45) is 7.05 Å². The Bertz CT molecular complexity index is 974. The van der Waals surface area contributed by atoms with Crippen molar-refractivity contribution in [1.82, 2.24) is 24.1 Å². The fourth-order valence-electron chi connectivity index (χ4n) is 2.51. The van der Waals surface area contributed by atoms with Gasteiger partial charge < -0.3 is 8.97 Å². The number of hydrogen-bond donors (Lipinski definition) is 0. The molecule has 0 aliphatic carbocycles. The Kier molecular flexibility index (Phi) is 4.00. The van der Waals surface area contributed by atoms with Crippen molar-refractivity contribution >= 4 is 29.0 Å². The highest BCUT2D eigenvalue weighted by Gasteiger charge is 2.14. The summed E-state index contributed by atoms with van der Waals surface area (Å²) in [6, 6.07) is 13.6. The molecule has 0 radical (unpaired) electrons. The molecule has 0 aliphatic rings. The van der Waals surface area contributed by atoms with Gasteiger partial charge in [-0.25, -0.2) is 4.98 Å². The van der Waals surface area contributed by atoms with Gasteiger partial charge in [0.25, 0.3) is 0 Å². The minimum Gasteiger partial charge on any atom is -0.307 e. The standard InChI is InChI=1S/C17H14ClN5S/c1-22-16(13-6-2-3-7-14(13)18)20-21-17(22)24-11-12-10-23-9-5-4-8-15(23)19-12/h2-10H,11H2,1H3. The molecule has 3 aromatic heterocycles. The number of pyridine rings is 1. The maximum Gasteiger partial charge on any atom is 0.191 e. The summed E-state index contributed by atoms with van der Waals surface area (Å²) in [5.41, 5.74) is 2.84. The molecule has 120 valence electrons. The monoisotopic (exact) mass is 355 g/mol. The molecule has 0 unspecified atom stereocenters. The molecule has 0 spiro atoms. The third-order valence-electron chi connectivity index (χ3n) is 3.71. The summed E-state index contributed by atoms with van der Waals surface area (Å²) in [5, 5.41) is 10.1. The lowest BCUT2D eigenvalue weighted by Crippen LogP contribution is -1.95. The Morgan fingerprint density at radius 3 is 2.75 bits per heavy atom. The van der Waals surface area contributed by atoms with Crippen molar-refractivity contribution in [3.63, 3.8) is 0 Å². The molecular weight excluding hydrogens is 342 g/mol. The number of imidazole rings is 1. The van der Waals surface area contributed by atoms with Gasteiger partial charge in [0.1, 0.15) is 5.65 Å². The molecule has 0 amide bonds. The third kappa shape index (κ3) is 2.79. The molecule has 0 saturated carbocycles. The van der Waals surface area contributed by atoms with Gasteiger partial charge in [0.2, 0.25) is 0 Å². The first-order chi connectivity index (χ1) is 11.7. The second-order valence-corrected chi connectivity index (χ2v) is 6.68. The van der Waals surface area contributed by atoms with Crippen molar-refractivity contribution in [1.29, 1.82) is 0 Å². The van der Waals surface area contributed by atoms with Crippen molar-refractivity contribution in [3.05, 3.63) is 65.6 Å². The minimum absolute atomic E-state index is 0.671. The first-order valence-corrected chi connectivity index (χ1v) is 8.78. The molecule has 0 N–H and O–H groups in total. The van der Waals surface area contributed by atoms with Gasteiger partial charge in [-0.05, 0) is 24.3 Å². The largest absolute Gasteiger partial charge is 0.307 e. The van der Waals surface area contributed by atoms with Crippen LogP contribution in [0.2, 0.25) is 5.02 Å². The maximum absolute atomic E-state index is 6.26. The number of fused-ring (bicyclic) bond motifs is 1. The normalized spacial score (nSPS) is 11.2. The topological polar surface area (TPSA) is 48.0 Å². The lowest BCUT2D eigenvalue weighted by molar-refractivity contribution is 0.793. The molecule has 0 fully saturated rings. The van der Waals surface area contributed by atoms with Crippen LogP contribution in [0, 0.1) is 0 Å². The van der Waals surface area contributed by atoms with Gasteiger partial charge in [-0.3, -0.25) is 0 Å². The maximum atomic E-state index is 6.26. The highest BCUT2D eigenvalue weighted by atomic mass is 35.5. The Morgan fingerprint density at radius 2 is 1.92 bits per heavy atom. The number of nitrogens with zero attached hydrogens (tertiary/aromatic N) is 5. The van der Waals surface area contributed by atoms with Gasteiger partial charge >= 0.3 is 0 Å². The van der Waals surface area contributed by atoms with E-state index in [1.165, 1.54) is 0 Å². The SMILES string of the molecule is Cn1c(SCc2cn3ccccc3n2)nnc1-c1ccccc1Cl. The summed E-state index contributed by atoms with van der Waals surface area (Å²) in [6.07, 6.45) is 4.03. The second-order valence-electron chi connectivity index (χ2n) is 5.33. The van der Waals surface area contributed by atoms with Crippen molar-refractivity contribution in [2.75, 3.05) is 0 Å². The smallest absolute Gasteiger partial charge is 0.191 e. The Morgan fingerprint density at radius 1 is 1.08 bits per heavy atom. The van der Waals surface area contributed by atoms with Crippen LogP contribution in [0.1, 0.15) is 5.69 Å². The van der Waals surface area contributed by atoms with E-state index >= 15 is 0 Å². The molecule has 3 heterocycles.